The molecule has 0 fully saturated rings. The van der Waals surface area contributed by atoms with Gasteiger partial charge in [-0.15, -0.1) is 0 Å². The number of nitrogens with one attached hydrogen (secondary N) is 1. The molecule has 0 spiro atoms. The zero-order chi connectivity index (χ0) is 28.3. The number of alkyl halides is 3. The zero-order valence-electron chi connectivity index (χ0n) is 21.9. The molecule has 14 heteroatoms. The number of hydrogen-bond donors (Lipinski definition) is 1. The summed E-state index contributed by atoms with van der Waals surface area (Å²) in [6.45, 7) is -0.0703. The number of pyridine rings is 1. The molecule has 1 aliphatic rings. The van der Waals surface area contributed by atoms with Gasteiger partial charge in [0, 0.05) is 57.6 Å². The maximum atomic E-state index is 13.0. The van der Waals surface area contributed by atoms with Crippen LogP contribution in [0.4, 0.5) is 42.0 Å². The summed E-state index contributed by atoms with van der Waals surface area (Å²) in [6.07, 6.45) is -3.12. The van der Waals surface area contributed by atoms with Crippen molar-refractivity contribution in [2.24, 2.45) is 0 Å². The minimum atomic E-state index is -4.64. The van der Waals surface area contributed by atoms with E-state index < -0.39 is 29.3 Å². The molecule has 208 valence electrons. The highest BCUT2D eigenvalue weighted by Crippen LogP contribution is 2.39. The van der Waals surface area contributed by atoms with Gasteiger partial charge in [0.25, 0.3) is 0 Å². The van der Waals surface area contributed by atoms with Crippen LogP contribution in [0.3, 0.4) is 0 Å². The van der Waals surface area contributed by atoms with Crippen molar-refractivity contribution < 1.29 is 22.8 Å². The molecule has 1 N–H and O–H groups in total. The van der Waals surface area contributed by atoms with E-state index in [0.29, 0.717) is 25.3 Å². The first kappa shape index (κ1) is 27.8. The van der Waals surface area contributed by atoms with Gasteiger partial charge in [-0.1, -0.05) is 18.2 Å². The van der Waals surface area contributed by atoms with Gasteiger partial charge >= 0.3 is 11.9 Å². The van der Waals surface area contributed by atoms with Crippen molar-refractivity contribution >= 4 is 28.8 Å². The second-order valence-corrected chi connectivity index (χ2v) is 9.49. The molecule has 39 heavy (non-hydrogen) atoms. The van der Waals surface area contributed by atoms with Crippen molar-refractivity contribution in [3.63, 3.8) is 0 Å². The van der Waals surface area contributed by atoms with E-state index in [1.165, 1.54) is 11.1 Å². The lowest BCUT2D eigenvalue weighted by atomic mass is 9.98. The first-order valence-electron chi connectivity index (χ1n) is 12.1. The molecule has 0 saturated heterocycles. The SMILES string of the molecule is CN(C)CCN(C)c1nc(OCC(F)(F)F)c(Nc2nccc(C3CN(C)c4ccccc43)n2)cc1[N+](=O)[O-]. The van der Waals surface area contributed by atoms with Crippen LogP contribution in [-0.4, -0.2) is 85.4 Å². The van der Waals surface area contributed by atoms with E-state index in [1.54, 1.807) is 13.1 Å². The van der Waals surface area contributed by atoms with Crippen molar-refractivity contribution in [3.8, 4) is 5.88 Å². The van der Waals surface area contributed by atoms with E-state index >= 15 is 0 Å². The molecule has 3 aromatic rings. The molecule has 1 unspecified atom stereocenters. The van der Waals surface area contributed by atoms with Crippen LogP contribution >= 0.6 is 0 Å². The average molecular weight is 547 g/mol. The molecule has 1 aliphatic heterocycles. The van der Waals surface area contributed by atoms with Gasteiger partial charge in [0.05, 0.1) is 10.6 Å². The lowest BCUT2D eigenvalue weighted by Gasteiger charge is -2.22. The average Bonchev–Trinajstić information content (AvgIpc) is 3.22. The molecule has 0 radical (unpaired) electrons. The number of nitrogens with zero attached hydrogens (tertiary/aromatic N) is 7. The Balaban J connectivity index is 1.70. The third-order valence-corrected chi connectivity index (χ3v) is 6.22. The predicted octanol–water partition coefficient (Wildman–Crippen LogP) is 4.04. The highest BCUT2D eigenvalue weighted by molar-refractivity contribution is 5.71. The summed E-state index contributed by atoms with van der Waals surface area (Å²) in [6, 6.07) is 10.8. The van der Waals surface area contributed by atoms with E-state index in [9.17, 15) is 23.3 Å². The lowest BCUT2D eigenvalue weighted by molar-refractivity contribution is -0.384. The Morgan fingerprint density at radius 1 is 1.18 bits per heavy atom. The minimum Gasteiger partial charge on any atom is -0.466 e. The molecule has 11 nitrogen and oxygen atoms in total. The lowest BCUT2D eigenvalue weighted by Crippen LogP contribution is -2.29. The van der Waals surface area contributed by atoms with Crippen molar-refractivity contribution in [3.05, 3.63) is 64.0 Å². The summed E-state index contributed by atoms with van der Waals surface area (Å²) >= 11 is 0. The van der Waals surface area contributed by atoms with Crippen LogP contribution in [0.25, 0.3) is 0 Å². The topological polar surface area (TPSA) is 113 Å². The summed E-state index contributed by atoms with van der Waals surface area (Å²) in [5.74, 6) is -0.591. The van der Waals surface area contributed by atoms with Gasteiger partial charge in [-0.25, -0.2) is 9.97 Å². The van der Waals surface area contributed by atoms with Crippen molar-refractivity contribution in [2.75, 3.05) is 69.5 Å². The normalized spacial score (nSPS) is 14.9. The molecule has 3 heterocycles. The van der Waals surface area contributed by atoms with Crippen LogP contribution < -0.4 is 19.9 Å². The number of rotatable bonds is 10. The largest absolute Gasteiger partial charge is 0.466 e. The summed E-state index contributed by atoms with van der Waals surface area (Å²) in [5, 5.41) is 14.7. The number of ether oxygens (including phenoxy) is 1. The van der Waals surface area contributed by atoms with Crippen LogP contribution in [0.2, 0.25) is 0 Å². The maximum Gasteiger partial charge on any atom is 0.422 e. The second-order valence-electron chi connectivity index (χ2n) is 9.49. The number of fused-ring (bicyclic) bond motifs is 1. The van der Waals surface area contributed by atoms with E-state index in [0.717, 1.165) is 17.3 Å². The fraction of sp³-hybridized carbons (Fsp3) is 0.400. The van der Waals surface area contributed by atoms with E-state index in [1.807, 2.05) is 50.3 Å². The van der Waals surface area contributed by atoms with Crippen LogP contribution in [0.1, 0.15) is 17.2 Å². The number of aromatic nitrogens is 3. The molecule has 0 saturated carbocycles. The van der Waals surface area contributed by atoms with Crippen molar-refractivity contribution in [1.82, 2.24) is 19.9 Å². The van der Waals surface area contributed by atoms with Crippen LogP contribution in [0, 0.1) is 10.1 Å². The summed E-state index contributed by atoms with van der Waals surface area (Å²) in [7, 11) is 7.21. The number of halogens is 3. The Morgan fingerprint density at radius 3 is 2.62 bits per heavy atom. The Bertz CT molecular complexity index is 1340. The molecule has 0 amide bonds. The molecule has 0 aliphatic carbocycles. The van der Waals surface area contributed by atoms with Gasteiger partial charge in [0.15, 0.2) is 6.61 Å². The Kier molecular flexibility index (Phi) is 8.04. The standard InChI is InChI=1S/C25H29F3N8O3/c1-33(2)11-12-34(3)22-21(36(37)38)13-19(23(32-22)39-15-25(26,27)28)31-24-29-10-9-18(30-24)17-14-35(4)20-8-6-5-7-16(17)20/h5-10,13,17H,11-12,14-15H2,1-4H3,(H,29,30,31). The van der Waals surface area contributed by atoms with Crippen molar-refractivity contribution in [2.45, 2.75) is 12.1 Å². The monoisotopic (exact) mass is 546 g/mol. The fourth-order valence-corrected chi connectivity index (χ4v) is 4.30. The highest BCUT2D eigenvalue weighted by Gasteiger charge is 2.32. The summed E-state index contributed by atoms with van der Waals surface area (Å²) < 4.78 is 44.1. The predicted molar refractivity (Wildman–Crippen MR) is 141 cm³/mol. The van der Waals surface area contributed by atoms with E-state index in [2.05, 4.69) is 25.2 Å². The van der Waals surface area contributed by atoms with Gasteiger partial charge in [-0.05, 0) is 31.8 Å². The smallest absolute Gasteiger partial charge is 0.422 e. The molecule has 1 atom stereocenters. The van der Waals surface area contributed by atoms with Gasteiger partial charge in [-0.3, -0.25) is 10.1 Å². The van der Waals surface area contributed by atoms with Gasteiger partial charge in [0.1, 0.15) is 5.69 Å². The molecule has 2 aromatic heterocycles. The van der Waals surface area contributed by atoms with Crippen LogP contribution in [-0.2, 0) is 0 Å². The third-order valence-electron chi connectivity index (χ3n) is 6.22. The Morgan fingerprint density at radius 2 is 1.92 bits per heavy atom. The van der Waals surface area contributed by atoms with Gasteiger partial charge in [-0.2, -0.15) is 18.2 Å². The van der Waals surface area contributed by atoms with Crippen LogP contribution in [0.15, 0.2) is 42.6 Å². The number of anilines is 4. The number of likely N-dealkylation sites (N-methyl/N-ethyl adjacent to an activating group) is 3. The van der Waals surface area contributed by atoms with E-state index in [4.69, 9.17) is 4.74 Å². The number of nitro groups is 1. The number of hydrogen-bond acceptors (Lipinski definition) is 10. The van der Waals surface area contributed by atoms with Crippen molar-refractivity contribution in [1.29, 1.82) is 0 Å². The summed E-state index contributed by atoms with van der Waals surface area (Å²) in [4.78, 5) is 29.6. The van der Waals surface area contributed by atoms with Gasteiger partial charge < -0.3 is 24.8 Å². The maximum absolute atomic E-state index is 13.0. The van der Waals surface area contributed by atoms with Crippen LogP contribution in [0.5, 0.6) is 5.88 Å². The number of benzene rings is 1. The molecule has 0 bridgehead atoms. The highest BCUT2D eigenvalue weighted by atomic mass is 19.4. The third kappa shape index (κ3) is 6.63. The Hall–Kier alpha value is -4.20. The fourth-order valence-electron chi connectivity index (χ4n) is 4.30. The molecule has 1 aromatic carbocycles. The molecular formula is C25H29F3N8O3. The van der Waals surface area contributed by atoms with E-state index in [-0.39, 0.29) is 23.4 Å². The second kappa shape index (κ2) is 11.3. The quantitative estimate of drug-likeness (QED) is 0.295. The Labute approximate surface area is 223 Å². The first-order chi connectivity index (χ1) is 18.4. The summed E-state index contributed by atoms with van der Waals surface area (Å²) in [5.41, 5.74) is 2.29. The minimum absolute atomic E-state index is 0.0428. The molecule has 4 rings (SSSR count). The molecular weight excluding hydrogens is 517 g/mol. The number of para-hydroxylation sites is 1. The first-order valence-corrected chi connectivity index (χ1v) is 12.1. The zero-order valence-corrected chi connectivity index (χ0v) is 21.9. The van der Waals surface area contributed by atoms with Gasteiger partial charge in [0.2, 0.25) is 17.6 Å².